The highest BCUT2D eigenvalue weighted by Gasteiger charge is 2.08. The van der Waals surface area contributed by atoms with E-state index in [0.717, 1.165) is 24.6 Å². The first kappa shape index (κ1) is 10.7. The number of hydrogen-bond acceptors (Lipinski definition) is 5. The van der Waals surface area contributed by atoms with Gasteiger partial charge in [-0.2, -0.15) is 8.75 Å². The zero-order valence-corrected chi connectivity index (χ0v) is 8.90. The Morgan fingerprint density at radius 3 is 2.92 bits per heavy atom. The van der Waals surface area contributed by atoms with Crippen molar-refractivity contribution >= 4 is 29.1 Å². The topological polar surface area (TPSA) is 58.0 Å². The van der Waals surface area contributed by atoms with Gasteiger partial charge >= 0.3 is 0 Å². The molecule has 74 valence electrons. The van der Waals surface area contributed by atoms with E-state index in [0.29, 0.717) is 11.0 Å². The quantitative estimate of drug-likeness (QED) is 0.796. The van der Waals surface area contributed by atoms with Crippen LogP contribution in [0.2, 0.25) is 5.15 Å². The average molecular weight is 222 g/mol. The monoisotopic (exact) mass is 221 g/mol. The van der Waals surface area contributed by atoms with Crippen LogP contribution in [0.5, 0.6) is 0 Å². The fraction of sp³-hybridized carbons (Fsp3) is 0.714. The van der Waals surface area contributed by atoms with E-state index >= 15 is 0 Å². The van der Waals surface area contributed by atoms with Gasteiger partial charge in [0, 0.05) is 12.6 Å². The lowest BCUT2D eigenvalue weighted by atomic mass is 10.2. The molecule has 2 N–H and O–H groups in total. The summed E-state index contributed by atoms with van der Waals surface area (Å²) in [4.78, 5) is 0. The van der Waals surface area contributed by atoms with Crippen molar-refractivity contribution in [3.8, 4) is 0 Å². The number of nitrogens with zero attached hydrogens (tertiary/aromatic N) is 2. The number of anilines is 1. The molecule has 0 aliphatic carbocycles. The smallest absolute Gasteiger partial charge is 0.186 e. The molecule has 13 heavy (non-hydrogen) atoms. The molecule has 0 saturated carbocycles. The maximum Gasteiger partial charge on any atom is 0.186 e. The molecule has 6 heteroatoms. The Morgan fingerprint density at radius 2 is 2.38 bits per heavy atom. The van der Waals surface area contributed by atoms with Crippen molar-refractivity contribution in [2.45, 2.75) is 25.8 Å². The second-order valence-corrected chi connectivity index (χ2v) is 3.70. The largest absolute Gasteiger partial charge is 0.396 e. The molecule has 1 aromatic heterocycles. The normalized spacial score (nSPS) is 12.8. The van der Waals surface area contributed by atoms with Gasteiger partial charge in [-0.3, -0.25) is 0 Å². The van der Waals surface area contributed by atoms with Crippen LogP contribution in [0.4, 0.5) is 5.82 Å². The molecule has 1 rings (SSSR count). The minimum absolute atomic E-state index is 0.217. The molecule has 0 spiro atoms. The lowest BCUT2D eigenvalue weighted by Gasteiger charge is -2.11. The SMILES string of the molecule is CC(CCCO)Nc1nsnc1Cl. The van der Waals surface area contributed by atoms with Crippen LogP contribution in [-0.2, 0) is 0 Å². The van der Waals surface area contributed by atoms with Crippen molar-refractivity contribution in [2.24, 2.45) is 0 Å². The van der Waals surface area contributed by atoms with Crippen LogP contribution < -0.4 is 5.32 Å². The summed E-state index contributed by atoms with van der Waals surface area (Å²) < 4.78 is 7.82. The Hall–Kier alpha value is -0.390. The molecule has 0 bridgehead atoms. The van der Waals surface area contributed by atoms with E-state index < -0.39 is 0 Å². The third kappa shape index (κ3) is 3.46. The number of aromatic nitrogens is 2. The highest BCUT2D eigenvalue weighted by Crippen LogP contribution is 2.19. The molecule has 1 unspecified atom stereocenters. The third-order valence-corrected chi connectivity index (χ3v) is 2.52. The van der Waals surface area contributed by atoms with Gasteiger partial charge in [-0.25, -0.2) is 0 Å². The van der Waals surface area contributed by atoms with E-state index in [1.165, 1.54) is 0 Å². The molecule has 0 fully saturated rings. The van der Waals surface area contributed by atoms with E-state index in [1.54, 1.807) is 0 Å². The van der Waals surface area contributed by atoms with Crippen molar-refractivity contribution in [2.75, 3.05) is 11.9 Å². The van der Waals surface area contributed by atoms with Gasteiger partial charge in [-0.05, 0) is 19.8 Å². The fourth-order valence-corrected chi connectivity index (χ4v) is 1.63. The molecule has 1 heterocycles. The summed E-state index contributed by atoms with van der Waals surface area (Å²) in [5.74, 6) is 0.636. The Kier molecular flexibility index (Phi) is 4.41. The van der Waals surface area contributed by atoms with E-state index in [9.17, 15) is 0 Å². The van der Waals surface area contributed by atoms with Crippen molar-refractivity contribution in [3.63, 3.8) is 0 Å². The second kappa shape index (κ2) is 5.36. The van der Waals surface area contributed by atoms with Crippen LogP contribution in [0.25, 0.3) is 0 Å². The van der Waals surface area contributed by atoms with E-state index in [4.69, 9.17) is 16.7 Å². The number of hydrogen-bond donors (Lipinski definition) is 2. The molecular formula is C7H12ClN3OS. The predicted octanol–water partition coefficient (Wildman–Crippen LogP) is 1.76. The van der Waals surface area contributed by atoms with Crippen LogP contribution in [0.15, 0.2) is 0 Å². The predicted molar refractivity (Wildman–Crippen MR) is 54.3 cm³/mol. The average Bonchev–Trinajstić information content (AvgIpc) is 2.48. The van der Waals surface area contributed by atoms with E-state index in [-0.39, 0.29) is 12.6 Å². The molecule has 0 aromatic carbocycles. The zero-order chi connectivity index (χ0) is 9.68. The van der Waals surface area contributed by atoms with Gasteiger partial charge in [0.2, 0.25) is 0 Å². The van der Waals surface area contributed by atoms with Gasteiger partial charge < -0.3 is 10.4 Å². The van der Waals surface area contributed by atoms with Crippen molar-refractivity contribution in [1.82, 2.24) is 8.75 Å². The van der Waals surface area contributed by atoms with Gasteiger partial charge in [0.1, 0.15) is 0 Å². The first-order valence-electron chi connectivity index (χ1n) is 4.09. The summed E-state index contributed by atoms with van der Waals surface area (Å²) in [6, 6.07) is 0.258. The molecule has 0 aliphatic heterocycles. The number of rotatable bonds is 5. The zero-order valence-electron chi connectivity index (χ0n) is 7.33. The molecule has 0 saturated heterocycles. The molecule has 4 nitrogen and oxygen atoms in total. The summed E-state index contributed by atoms with van der Waals surface area (Å²) in [5.41, 5.74) is 0. The lowest BCUT2D eigenvalue weighted by molar-refractivity contribution is 0.282. The van der Waals surface area contributed by atoms with Gasteiger partial charge in [0.15, 0.2) is 11.0 Å². The maximum atomic E-state index is 8.62. The van der Waals surface area contributed by atoms with Crippen molar-refractivity contribution < 1.29 is 5.11 Å². The first-order valence-corrected chi connectivity index (χ1v) is 5.20. The molecular weight excluding hydrogens is 210 g/mol. The molecule has 0 aliphatic rings. The summed E-state index contributed by atoms with van der Waals surface area (Å²) in [5, 5.41) is 12.2. The molecule has 0 radical (unpaired) electrons. The van der Waals surface area contributed by atoms with Crippen LogP contribution in [0, 0.1) is 0 Å². The Labute approximate surface area is 86.3 Å². The number of aliphatic hydroxyl groups excluding tert-OH is 1. The van der Waals surface area contributed by atoms with Gasteiger partial charge in [0.05, 0.1) is 11.7 Å². The lowest BCUT2D eigenvalue weighted by Crippen LogP contribution is -2.15. The van der Waals surface area contributed by atoms with Crippen LogP contribution in [0.3, 0.4) is 0 Å². The molecule has 1 aromatic rings. The molecule has 1 atom stereocenters. The fourth-order valence-electron chi connectivity index (χ4n) is 0.967. The summed E-state index contributed by atoms with van der Waals surface area (Å²) in [7, 11) is 0. The minimum atomic E-state index is 0.217. The molecule has 0 amide bonds. The minimum Gasteiger partial charge on any atom is -0.396 e. The maximum absolute atomic E-state index is 8.62. The third-order valence-electron chi connectivity index (χ3n) is 1.63. The number of aliphatic hydroxyl groups is 1. The van der Waals surface area contributed by atoms with Gasteiger partial charge in [0.25, 0.3) is 0 Å². The highest BCUT2D eigenvalue weighted by molar-refractivity contribution is 6.99. The van der Waals surface area contributed by atoms with Crippen molar-refractivity contribution in [3.05, 3.63) is 5.15 Å². The number of halogens is 1. The second-order valence-electron chi connectivity index (χ2n) is 2.81. The number of nitrogens with one attached hydrogen (secondary N) is 1. The van der Waals surface area contributed by atoms with E-state index in [2.05, 4.69) is 14.1 Å². The highest BCUT2D eigenvalue weighted by atomic mass is 35.5. The Balaban J connectivity index is 2.36. The summed E-state index contributed by atoms with van der Waals surface area (Å²) in [6.45, 7) is 2.24. The van der Waals surface area contributed by atoms with Crippen LogP contribution >= 0.6 is 23.3 Å². The Morgan fingerprint density at radius 1 is 1.62 bits per heavy atom. The van der Waals surface area contributed by atoms with Gasteiger partial charge in [-0.15, -0.1) is 0 Å². The summed E-state index contributed by atoms with van der Waals surface area (Å²) in [6.07, 6.45) is 1.67. The van der Waals surface area contributed by atoms with Crippen molar-refractivity contribution in [1.29, 1.82) is 0 Å². The first-order chi connectivity index (χ1) is 6.24. The van der Waals surface area contributed by atoms with Crippen LogP contribution in [0.1, 0.15) is 19.8 Å². The summed E-state index contributed by atoms with van der Waals surface area (Å²) >= 11 is 6.83. The van der Waals surface area contributed by atoms with E-state index in [1.807, 2.05) is 6.92 Å². The standard InChI is InChI=1S/C7H12ClN3OS/c1-5(3-2-4-12)9-7-6(8)10-13-11-7/h5,12H,2-4H2,1H3,(H,9,11). The van der Waals surface area contributed by atoms with Gasteiger partial charge in [-0.1, -0.05) is 11.6 Å². The Bertz CT molecular complexity index is 256. The van der Waals surface area contributed by atoms with Crippen LogP contribution in [-0.4, -0.2) is 26.5 Å².